The van der Waals surface area contributed by atoms with Crippen LogP contribution >= 0.6 is 0 Å². The Balaban J connectivity index is 1.34. The molecular weight excluding hydrogens is 436 g/mol. The van der Waals surface area contributed by atoms with E-state index in [1.807, 2.05) is 36.4 Å². The first-order chi connectivity index (χ1) is 16.4. The molecule has 0 radical (unpaired) electrons. The number of aliphatic carboxylic acids is 1. The lowest BCUT2D eigenvalue weighted by Crippen LogP contribution is -2.56. The molecule has 0 saturated carbocycles. The highest BCUT2D eigenvalue weighted by Crippen LogP contribution is 2.44. The first-order valence-electron chi connectivity index (χ1n) is 11.5. The van der Waals surface area contributed by atoms with Crippen molar-refractivity contribution in [2.75, 3.05) is 26.9 Å². The van der Waals surface area contributed by atoms with Crippen molar-refractivity contribution in [1.82, 2.24) is 10.2 Å². The Morgan fingerprint density at radius 2 is 1.74 bits per heavy atom. The summed E-state index contributed by atoms with van der Waals surface area (Å²) in [5, 5.41) is 12.5. The number of carbonyl (C=O) groups excluding carboxylic acids is 2. The summed E-state index contributed by atoms with van der Waals surface area (Å²) in [7, 11) is 1.42. The van der Waals surface area contributed by atoms with Gasteiger partial charge in [0.2, 0.25) is 5.91 Å². The van der Waals surface area contributed by atoms with Crippen molar-refractivity contribution in [2.45, 2.75) is 43.7 Å². The second kappa shape index (κ2) is 9.85. The van der Waals surface area contributed by atoms with E-state index in [0.717, 1.165) is 22.3 Å². The Kier molecular flexibility index (Phi) is 6.88. The van der Waals surface area contributed by atoms with Crippen molar-refractivity contribution in [3.8, 4) is 11.1 Å². The number of carboxylic acids is 1. The zero-order valence-corrected chi connectivity index (χ0v) is 19.5. The molecular formula is C26H30N2O6. The number of carboxylic acid groups (broad SMARTS) is 1. The van der Waals surface area contributed by atoms with Gasteiger partial charge in [0.1, 0.15) is 6.61 Å². The van der Waals surface area contributed by atoms with Gasteiger partial charge in [-0.25, -0.2) is 9.59 Å². The minimum absolute atomic E-state index is 0.0249. The lowest BCUT2D eigenvalue weighted by Gasteiger charge is -2.34. The lowest BCUT2D eigenvalue weighted by atomic mass is 9.97. The van der Waals surface area contributed by atoms with Crippen LogP contribution in [0.5, 0.6) is 0 Å². The second-order valence-electron chi connectivity index (χ2n) is 8.99. The Hall–Kier alpha value is -3.39. The zero-order valence-electron chi connectivity index (χ0n) is 19.5. The fraction of sp³-hybridized carbons (Fsp3) is 0.423. The number of amides is 2. The van der Waals surface area contributed by atoms with Gasteiger partial charge in [0, 0.05) is 32.0 Å². The van der Waals surface area contributed by atoms with Crippen LogP contribution in [0.2, 0.25) is 0 Å². The van der Waals surface area contributed by atoms with Crippen LogP contribution in [0, 0.1) is 0 Å². The Bertz CT molecular complexity index is 1040. The van der Waals surface area contributed by atoms with Crippen LogP contribution in [0.1, 0.15) is 43.2 Å². The Labute approximate surface area is 198 Å². The lowest BCUT2D eigenvalue weighted by molar-refractivity contribution is -0.160. The molecule has 1 saturated heterocycles. The number of ether oxygens (including phenoxy) is 2. The number of hydrogen-bond donors (Lipinski definition) is 2. The molecule has 8 nitrogen and oxygen atoms in total. The van der Waals surface area contributed by atoms with Crippen molar-refractivity contribution in [2.24, 2.45) is 0 Å². The third kappa shape index (κ3) is 4.37. The number of carbonyl (C=O) groups is 3. The summed E-state index contributed by atoms with van der Waals surface area (Å²) in [6.07, 6.45) is 0.305. The van der Waals surface area contributed by atoms with Gasteiger partial charge in [-0.15, -0.1) is 0 Å². The highest BCUT2D eigenvalue weighted by Gasteiger charge is 2.50. The van der Waals surface area contributed by atoms with Gasteiger partial charge >= 0.3 is 12.1 Å². The molecule has 2 unspecified atom stereocenters. The summed E-state index contributed by atoms with van der Waals surface area (Å²) in [5.74, 6) is -1.45. The van der Waals surface area contributed by atoms with E-state index in [1.54, 1.807) is 6.92 Å². The van der Waals surface area contributed by atoms with Gasteiger partial charge in [0.05, 0.1) is 6.61 Å². The van der Waals surface area contributed by atoms with E-state index < -0.39 is 23.6 Å². The van der Waals surface area contributed by atoms with Gasteiger partial charge in [-0.3, -0.25) is 4.79 Å². The molecule has 8 heteroatoms. The SMILES string of the molecule is COCC1(C(=O)O)CCCN1C(=O)CC(C)NC(=O)OCC1c2ccccc2-c2ccccc21. The monoisotopic (exact) mass is 466 g/mol. The molecule has 2 amide bonds. The highest BCUT2D eigenvalue weighted by atomic mass is 16.5. The number of likely N-dealkylation sites (tertiary alicyclic amines) is 1. The smallest absolute Gasteiger partial charge is 0.407 e. The molecule has 2 aromatic carbocycles. The van der Waals surface area contributed by atoms with E-state index >= 15 is 0 Å². The molecule has 0 bridgehead atoms. The van der Waals surface area contributed by atoms with Crippen LogP contribution in [-0.2, 0) is 19.1 Å². The van der Waals surface area contributed by atoms with Gasteiger partial charge in [0.15, 0.2) is 5.54 Å². The quantitative estimate of drug-likeness (QED) is 0.618. The van der Waals surface area contributed by atoms with Crippen molar-refractivity contribution in [3.05, 3.63) is 59.7 Å². The first kappa shape index (κ1) is 23.8. The molecule has 2 N–H and O–H groups in total. The average Bonchev–Trinajstić information content (AvgIpc) is 3.38. The third-order valence-corrected chi connectivity index (χ3v) is 6.76. The van der Waals surface area contributed by atoms with E-state index in [2.05, 4.69) is 17.4 Å². The van der Waals surface area contributed by atoms with Crippen molar-refractivity contribution in [1.29, 1.82) is 0 Å². The molecule has 1 aliphatic heterocycles. The van der Waals surface area contributed by atoms with Crippen LogP contribution in [-0.4, -0.2) is 66.4 Å². The molecule has 34 heavy (non-hydrogen) atoms. The molecule has 1 heterocycles. The summed E-state index contributed by atoms with van der Waals surface area (Å²) in [5.41, 5.74) is 3.19. The minimum Gasteiger partial charge on any atom is -0.479 e. The van der Waals surface area contributed by atoms with Gasteiger partial charge in [-0.1, -0.05) is 48.5 Å². The largest absolute Gasteiger partial charge is 0.479 e. The third-order valence-electron chi connectivity index (χ3n) is 6.76. The molecule has 2 aliphatic rings. The predicted octanol–water partition coefficient (Wildman–Crippen LogP) is 3.40. The number of nitrogens with one attached hydrogen (secondary N) is 1. The number of rotatable bonds is 8. The van der Waals surface area contributed by atoms with Gasteiger partial charge in [-0.2, -0.15) is 0 Å². The fourth-order valence-electron chi connectivity index (χ4n) is 5.18. The number of alkyl carbamates (subject to hydrolysis) is 1. The van der Waals surface area contributed by atoms with Crippen molar-refractivity contribution in [3.63, 3.8) is 0 Å². The van der Waals surface area contributed by atoms with Crippen LogP contribution in [0.15, 0.2) is 48.5 Å². The molecule has 4 rings (SSSR count). The maximum Gasteiger partial charge on any atom is 0.407 e. The number of benzene rings is 2. The molecule has 1 aliphatic carbocycles. The van der Waals surface area contributed by atoms with E-state index in [1.165, 1.54) is 12.0 Å². The van der Waals surface area contributed by atoms with E-state index in [-0.39, 0.29) is 31.5 Å². The van der Waals surface area contributed by atoms with Gasteiger partial charge < -0.3 is 24.8 Å². The summed E-state index contributed by atoms with van der Waals surface area (Å²) in [6, 6.07) is 15.7. The summed E-state index contributed by atoms with van der Waals surface area (Å²) >= 11 is 0. The topological polar surface area (TPSA) is 105 Å². The molecule has 2 atom stereocenters. The summed E-state index contributed by atoms with van der Waals surface area (Å²) < 4.78 is 10.7. The zero-order chi connectivity index (χ0) is 24.3. The van der Waals surface area contributed by atoms with Crippen LogP contribution in [0.25, 0.3) is 11.1 Å². The number of nitrogens with zero attached hydrogens (tertiary/aromatic N) is 1. The number of methoxy groups -OCH3 is 1. The molecule has 180 valence electrons. The standard InChI is InChI=1S/C26H30N2O6/c1-17(14-23(29)28-13-7-12-26(28,16-33-2)24(30)31)27-25(32)34-15-22-20-10-5-3-8-18(20)19-9-4-6-11-21(19)22/h3-6,8-11,17,22H,7,12-16H2,1-2H3,(H,27,32)(H,30,31). The summed E-state index contributed by atoms with van der Waals surface area (Å²) in [4.78, 5) is 38.7. The summed E-state index contributed by atoms with van der Waals surface area (Å²) in [6.45, 7) is 2.17. The van der Waals surface area contributed by atoms with Crippen LogP contribution in [0.4, 0.5) is 4.79 Å². The van der Waals surface area contributed by atoms with Gasteiger partial charge in [-0.05, 0) is 42.0 Å². The second-order valence-corrected chi connectivity index (χ2v) is 8.99. The maximum absolute atomic E-state index is 12.9. The predicted molar refractivity (Wildman–Crippen MR) is 125 cm³/mol. The van der Waals surface area contributed by atoms with Crippen molar-refractivity contribution >= 4 is 18.0 Å². The van der Waals surface area contributed by atoms with Crippen LogP contribution < -0.4 is 5.32 Å². The fourth-order valence-corrected chi connectivity index (χ4v) is 5.18. The molecule has 0 spiro atoms. The van der Waals surface area contributed by atoms with Crippen LogP contribution in [0.3, 0.4) is 0 Å². The van der Waals surface area contributed by atoms with E-state index in [0.29, 0.717) is 19.4 Å². The number of hydrogen-bond acceptors (Lipinski definition) is 5. The molecule has 0 aromatic heterocycles. The van der Waals surface area contributed by atoms with E-state index in [9.17, 15) is 19.5 Å². The van der Waals surface area contributed by atoms with E-state index in [4.69, 9.17) is 9.47 Å². The van der Waals surface area contributed by atoms with Gasteiger partial charge in [0.25, 0.3) is 0 Å². The maximum atomic E-state index is 12.9. The first-order valence-corrected chi connectivity index (χ1v) is 11.5. The number of fused-ring (bicyclic) bond motifs is 3. The van der Waals surface area contributed by atoms with Crippen molar-refractivity contribution < 1.29 is 29.0 Å². The minimum atomic E-state index is -1.35. The Morgan fingerprint density at radius 3 is 2.32 bits per heavy atom. The normalized spacial score (nSPS) is 19.9. The molecule has 2 aromatic rings. The molecule has 1 fully saturated rings. The highest BCUT2D eigenvalue weighted by molar-refractivity contribution is 5.88. The Morgan fingerprint density at radius 1 is 1.12 bits per heavy atom. The average molecular weight is 467 g/mol.